The lowest BCUT2D eigenvalue weighted by Gasteiger charge is -2.29. The van der Waals surface area contributed by atoms with Crippen molar-refractivity contribution in [2.75, 3.05) is 25.5 Å². The lowest BCUT2D eigenvalue weighted by molar-refractivity contribution is -0.344. The molecule has 232 valence electrons. The molecule has 0 bridgehead atoms. The quantitative estimate of drug-likeness (QED) is 0.437. The average molecular weight is 610 g/mol. The molecule has 1 saturated heterocycles. The van der Waals surface area contributed by atoms with Gasteiger partial charge in [0.15, 0.2) is 0 Å². The van der Waals surface area contributed by atoms with Gasteiger partial charge in [0.05, 0.1) is 18.5 Å². The van der Waals surface area contributed by atoms with Crippen LogP contribution in [0.5, 0.6) is 0 Å². The summed E-state index contributed by atoms with van der Waals surface area (Å²) in [6, 6.07) is 7.12. The standard InChI is InChI=1S/C22H22F7N5O4.C4H8/c1-12(31-19(38)20(23,24)21(25,26)22(27,28)29)18(37)33(2)11-16(35)34-10-13(8-15(34)9-30)17(36)32-14-6-4-3-5-7-14;1-4-2-3-4/h3-7,12-13,15H,8,10-11H2,1-2H3,(H,31,38)(H,32,36);4H,2-3H2,1H3. The van der Waals surface area contributed by atoms with Crippen LogP contribution in [0.3, 0.4) is 0 Å². The van der Waals surface area contributed by atoms with Crippen molar-refractivity contribution in [1.82, 2.24) is 15.1 Å². The van der Waals surface area contributed by atoms with Gasteiger partial charge < -0.3 is 20.4 Å². The van der Waals surface area contributed by atoms with Crippen molar-refractivity contribution in [1.29, 1.82) is 5.26 Å². The summed E-state index contributed by atoms with van der Waals surface area (Å²) in [4.78, 5) is 50.7. The normalized spacial score (nSPS) is 19.5. The number of benzene rings is 1. The molecule has 2 fully saturated rings. The molecule has 0 radical (unpaired) electrons. The number of amides is 4. The first-order chi connectivity index (χ1) is 19.3. The number of rotatable bonds is 8. The second-order valence-corrected chi connectivity index (χ2v) is 10.2. The van der Waals surface area contributed by atoms with E-state index in [-0.39, 0.29) is 13.0 Å². The summed E-state index contributed by atoms with van der Waals surface area (Å²) in [7, 11) is 0.975. The van der Waals surface area contributed by atoms with Crippen LogP contribution in [0.15, 0.2) is 30.3 Å². The van der Waals surface area contributed by atoms with E-state index in [4.69, 9.17) is 0 Å². The summed E-state index contributed by atoms with van der Waals surface area (Å²) in [6.07, 6.45) is -3.79. The van der Waals surface area contributed by atoms with Gasteiger partial charge in [-0.2, -0.15) is 36.0 Å². The van der Waals surface area contributed by atoms with Crippen molar-refractivity contribution in [2.24, 2.45) is 11.8 Å². The molecule has 3 atom stereocenters. The van der Waals surface area contributed by atoms with Crippen LogP contribution in [0.25, 0.3) is 0 Å². The number of nitrogens with zero attached hydrogens (tertiary/aromatic N) is 3. The Labute approximate surface area is 237 Å². The van der Waals surface area contributed by atoms with Gasteiger partial charge >= 0.3 is 18.0 Å². The number of anilines is 1. The van der Waals surface area contributed by atoms with Crippen molar-refractivity contribution < 1.29 is 49.9 Å². The molecule has 0 aromatic heterocycles. The zero-order valence-corrected chi connectivity index (χ0v) is 22.9. The number of halogens is 7. The summed E-state index contributed by atoms with van der Waals surface area (Å²) in [5.41, 5.74) is 0.482. The molecule has 9 nitrogen and oxygen atoms in total. The molecule has 1 aliphatic heterocycles. The van der Waals surface area contributed by atoms with Gasteiger partial charge in [0.1, 0.15) is 12.1 Å². The number of nitrogens with one attached hydrogen (secondary N) is 2. The molecule has 2 aliphatic rings. The van der Waals surface area contributed by atoms with Gasteiger partial charge in [0.2, 0.25) is 17.7 Å². The van der Waals surface area contributed by atoms with Gasteiger partial charge in [-0.05, 0) is 31.4 Å². The number of likely N-dealkylation sites (tertiary alicyclic amines) is 1. The fourth-order valence-corrected chi connectivity index (χ4v) is 3.73. The van der Waals surface area contributed by atoms with E-state index < -0.39 is 66.2 Å². The highest BCUT2D eigenvalue weighted by Crippen LogP contribution is 2.46. The topological polar surface area (TPSA) is 123 Å². The Kier molecular flexibility index (Phi) is 10.9. The van der Waals surface area contributed by atoms with E-state index in [1.807, 2.05) is 6.07 Å². The minimum Gasteiger partial charge on any atom is -0.339 e. The van der Waals surface area contributed by atoms with Crippen LogP contribution in [0.2, 0.25) is 0 Å². The molecule has 1 heterocycles. The predicted octanol–water partition coefficient (Wildman–Crippen LogP) is 3.58. The first kappa shape index (κ1) is 34.3. The number of hydrogen-bond acceptors (Lipinski definition) is 5. The SMILES string of the molecule is CC(NC(=O)C(F)(F)C(F)(F)C(F)(F)F)C(=O)N(C)CC(=O)N1CC(C(=O)Nc2ccccc2)CC1C#N.CC1CC1. The molecule has 0 spiro atoms. The Morgan fingerprint density at radius 2 is 1.62 bits per heavy atom. The van der Waals surface area contributed by atoms with E-state index in [2.05, 4.69) is 12.2 Å². The molecule has 1 aromatic rings. The molecule has 2 N–H and O–H groups in total. The van der Waals surface area contributed by atoms with Crippen LogP contribution < -0.4 is 10.6 Å². The summed E-state index contributed by atoms with van der Waals surface area (Å²) in [5.74, 6) is -18.3. The fraction of sp³-hybridized carbons (Fsp3) is 0.577. The highest BCUT2D eigenvalue weighted by atomic mass is 19.4. The third kappa shape index (κ3) is 8.32. The van der Waals surface area contributed by atoms with Crippen LogP contribution in [0, 0.1) is 23.2 Å². The Hall–Kier alpha value is -3.90. The molecule has 1 saturated carbocycles. The van der Waals surface area contributed by atoms with Crippen LogP contribution >= 0.6 is 0 Å². The van der Waals surface area contributed by atoms with Gasteiger partial charge in [0, 0.05) is 19.3 Å². The second-order valence-electron chi connectivity index (χ2n) is 10.2. The monoisotopic (exact) mass is 609 g/mol. The van der Waals surface area contributed by atoms with Crippen molar-refractivity contribution in [3.63, 3.8) is 0 Å². The largest absolute Gasteiger partial charge is 0.460 e. The molecule has 1 aliphatic carbocycles. The lowest BCUT2D eigenvalue weighted by Crippen LogP contribution is -2.61. The van der Waals surface area contributed by atoms with Crippen LogP contribution in [0.4, 0.5) is 36.4 Å². The maximum Gasteiger partial charge on any atom is 0.460 e. The van der Waals surface area contributed by atoms with Gasteiger partial charge in [-0.3, -0.25) is 19.2 Å². The predicted molar refractivity (Wildman–Crippen MR) is 134 cm³/mol. The lowest BCUT2D eigenvalue weighted by atomic mass is 10.1. The fourth-order valence-electron chi connectivity index (χ4n) is 3.73. The minimum absolute atomic E-state index is 0.0203. The third-order valence-corrected chi connectivity index (χ3v) is 6.55. The zero-order chi connectivity index (χ0) is 32.0. The van der Waals surface area contributed by atoms with E-state index >= 15 is 0 Å². The number of para-hydroxylation sites is 1. The summed E-state index contributed by atoms with van der Waals surface area (Å²) < 4.78 is 90.0. The average Bonchev–Trinajstić information content (AvgIpc) is 3.56. The number of alkyl halides is 7. The molecule has 16 heteroatoms. The van der Waals surface area contributed by atoms with Crippen molar-refractivity contribution in [2.45, 2.75) is 63.2 Å². The number of carbonyl (C=O) groups excluding carboxylic acids is 4. The maximum atomic E-state index is 13.5. The Morgan fingerprint density at radius 3 is 2.10 bits per heavy atom. The molecule has 3 unspecified atom stereocenters. The van der Waals surface area contributed by atoms with E-state index in [9.17, 15) is 55.2 Å². The van der Waals surface area contributed by atoms with Crippen LogP contribution in [-0.2, 0) is 19.2 Å². The van der Waals surface area contributed by atoms with E-state index in [1.54, 1.807) is 30.3 Å². The third-order valence-electron chi connectivity index (χ3n) is 6.55. The summed E-state index contributed by atoms with van der Waals surface area (Å²) in [6.45, 7) is 2.04. The van der Waals surface area contributed by atoms with Crippen molar-refractivity contribution in [3.8, 4) is 6.07 Å². The molecular weight excluding hydrogens is 579 g/mol. The van der Waals surface area contributed by atoms with E-state index in [0.717, 1.165) is 30.1 Å². The highest BCUT2D eigenvalue weighted by Gasteiger charge is 2.76. The second kappa shape index (κ2) is 13.4. The molecule has 4 amide bonds. The zero-order valence-electron chi connectivity index (χ0n) is 22.9. The van der Waals surface area contributed by atoms with Gasteiger partial charge in [-0.1, -0.05) is 38.0 Å². The Bertz CT molecular complexity index is 1190. The molecular formula is C26H30F7N5O4. The van der Waals surface area contributed by atoms with Gasteiger partial charge in [0.25, 0.3) is 5.91 Å². The number of nitriles is 1. The summed E-state index contributed by atoms with van der Waals surface area (Å²) >= 11 is 0. The van der Waals surface area contributed by atoms with Crippen molar-refractivity contribution in [3.05, 3.63) is 30.3 Å². The highest BCUT2D eigenvalue weighted by molar-refractivity contribution is 5.95. The Balaban J connectivity index is 0.00000141. The number of hydrogen-bond donors (Lipinski definition) is 2. The van der Waals surface area contributed by atoms with Crippen molar-refractivity contribution >= 4 is 29.3 Å². The van der Waals surface area contributed by atoms with Crippen LogP contribution in [-0.4, -0.2) is 83.7 Å². The first-order valence-electron chi connectivity index (χ1n) is 12.8. The minimum atomic E-state index is -6.74. The Morgan fingerprint density at radius 1 is 1.07 bits per heavy atom. The van der Waals surface area contributed by atoms with Crippen LogP contribution in [0.1, 0.15) is 33.1 Å². The van der Waals surface area contributed by atoms with Gasteiger partial charge in [-0.15, -0.1) is 0 Å². The number of carbonyl (C=O) groups is 4. The molecule has 42 heavy (non-hydrogen) atoms. The molecule has 1 aromatic carbocycles. The first-order valence-corrected chi connectivity index (χ1v) is 12.8. The van der Waals surface area contributed by atoms with E-state index in [1.165, 1.54) is 12.8 Å². The van der Waals surface area contributed by atoms with Gasteiger partial charge in [-0.25, -0.2) is 0 Å². The maximum absolute atomic E-state index is 13.5. The summed E-state index contributed by atoms with van der Waals surface area (Å²) in [5, 5.41) is 13.1. The smallest absolute Gasteiger partial charge is 0.339 e. The molecule has 3 rings (SSSR count). The van der Waals surface area contributed by atoms with E-state index in [0.29, 0.717) is 10.6 Å². The number of likely N-dealkylation sites (N-methyl/N-ethyl adjacent to an activating group) is 1.